The van der Waals surface area contributed by atoms with E-state index in [4.69, 9.17) is 0 Å². The Morgan fingerprint density at radius 1 is 1.50 bits per heavy atom. The molecule has 0 aliphatic heterocycles. The summed E-state index contributed by atoms with van der Waals surface area (Å²) >= 11 is 0. The Hall–Kier alpha value is -1.12. The monoisotopic (exact) mass is 164 g/mol. The Labute approximate surface area is 71.2 Å². The highest BCUT2D eigenvalue weighted by Gasteiger charge is 2.24. The molecule has 1 aliphatic rings. The molecule has 0 radical (unpaired) electrons. The van der Waals surface area contributed by atoms with Crippen molar-refractivity contribution < 1.29 is 4.79 Å². The number of ketones is 1. The third-order valence-corrected chi connectivity index (χ3v) is 2.46. The quantitative estimate of drug-likeness (QED) is 0.677. The molecule has 3 nitrogen and oxygen atoms in total. The molecule has 1 fully saturated rings. The van der Waals surface area contributed by atoms with Gasteiger partial charge in [-0.2, -0.15) is 0 Å². The summed E-state index contributed by atoms with van der Waals surface area (Å²) in [4.78, 5) is 18.4. The summed E-state index contributed by atoms with van der Waals surface area (Å²) in [6.45, 7) is 0. The fraction of sp³-hybridized carbons (Fsp3) is 0.556. The van der Waals surface area contributed by atoms with Crippen molar-refractivity contribution in [1.82, 2.24) is 9.97 Å². The lowest BCUT2D eigenvalue weighted by Gasteiger charge is -2.03. The van der Waals surface area contributed by atoms with Crippen molar-refractivity contribution in [2.24, 2.45) is 5.92 Å². The zero-order valence-corrected chi connectivity index (χ0v) is 6.92. The van der Waals surface area contributed by atoms with Crippen LogP contribution in [0.5, 0.6) is 0 Å². The Balaban J connectivity index is 2.09. The number of nitrogens with zero attached hydrogens (tertiary/aromatic N) is 1. The average Bonchev–Trinajstić information content (AvgIpc) is 2.77. The number of aromatic amines is 1. The number of carbonyl (C=O) groups is 1. The van der Waals surface area contributed by atoms with Crippen LogP contribution >= 0.6 is 0 Å². The van der Waals surface area contributed by atoms with Crippen LogP contribution in [0.3, 0.4) is 0 Å². The summed E-state index contributed by atoms with van der Waals surface area (Å²) in [6.07, 6.45) is 7.79. The van der Waals surface area contributed by atoms with Gasteiger partial charge >= 0.3 is 0 Å². The third kappa shape index (κ3) is 1.26. The van der Waals surface area contributed by atoms with Gasteiger partial charge in [-0.3, -0.25) is 4.79 Å². The fourth-order valence-electron chi connectivity index (χ4n) is 1.78. The Morgan fingerprint density at radius 2 is 2.25 bits per heavy atom. The molecule has 1 saturated carbocycles. The molecule has 0 unspecified atom stereocenters. The first-order chi connectivity index (χ1) is 5.88. The highest BCUT2D eigenvalue weighted by molar-refractivity contribution is 5.94. The van der Waals surface area contributed by atoms with E-state index < -0.39 is 0 Å². The fourth-order valence-corrected chi connectivity index (χ4v) is 1.78. The third-order valence-electron chi connectivity index (χ3n) is 2.46. The summed E-state index contributed by atoms with van der Waals surface area (Å²) in [6, 6.07) is 0. The van der Waals surface area contributed by atoms with Crippen LogP contribution < -0.4 is 0 Å². The number of H-pyrrole nitrogens is 1. The van der Waals surface area contributed by atoms with Crippen molar-refractivity contribution in [1.29, 1.82) is 0 Å². The van der Waals surface area contributed by atoms with Crippen molar-refractivity contribution in [2.45, 2.75) is 25.7 Å². The lowest BCUT2D eigenvalue weighted by Crippen LogP contribution is -2.12. The highest BCUT2D eigenvalue weighted by atomic mass is 16.1. The normalized spacial score (nSPS) is 18.3. The molecule has 1 aliphatic carbocycles. The van der Waals surface area contributed by atoms with Gasteiger partial charge in [-0.05, 0) is 12.8 Å². The van der Waals surface area contributed by atoms with Crippen molar-refractivity contribution in [3.05, 3.63) is 18.2 Å². The number of nitrogens with one attached hydrogen (secondary N) is 1. The molecule has 1 N–H and O–H groups in total. The van der Waals surface area contributed by atoms with Crippen LogP contribution in [0.25, 0.3) is 0 Å². The number of aromatic nitrogens is 2. The number of Topliss-reactive ketones (excluding diaryl/α,β-unsaturated/α-hetero) is 1. The predicted octanol–water partition coefficient (Wildman–Crippen LogP) is 1.78. The maximum atomic E-state index is 11.6. The summed E-state index contributed by atoms with van der Waals surface area (Å²) < 4.78 is 0. The smallest absolute Gasteiger partial charge is 0.201 e. The van der Waals surface area contributed by atoms with Gasteiger partial charge in [0.05, 0.1) is 0 Å². The average molecular weight is 164 g/mol. The molecule has 0 bridgehead atoms. The lowest BCUT2D eigenvalue weighted by atomic mass is 10.0. The molecule has 0 aromatic carbocycles. The van der Waals surface area contributed by atoms with Crippen LogP contribution in [-0.2, 0) is 0 Å². The second kappa shape index (κ2) is 3.09. The first-order valence-electron chi connectivity index (χ1n) is 4.41. The molecule has 64 valence electrons. The van der Waals surface area contributed by atoms with E-state index in [0.717, 1.165) is 12.8 Å². The number of rotatable bonds is 2. The molecule has 0 spiro atoms. The van der Waals surface area contributed by atoms with Crippen molar-refractivity contribution in [3.63, 3.8) is 0 Å². The first-order valence-corrected chi connectivity index (χ1v) is 4.41. The summed E-state index contributed by atoms with van der Waals surface area (Å²) in [5.74, 6) is 0.954. The van der Waals surface area contributed by atoms with Crippen molar-refractivity contribution >= 4 is 5.78 Å². The lowest BCUT2D eigenvalue weighted by molar-refractivity contribution is 0.0913. The van der Waals surface area contributed by atoms with Crippen LogP contribution in [0.2, 0.25) is 0 Å². The van der Waals surface area contributed by atoms with Crippen LogP contribution in [0, 0.1) is 5.92 Å². The second-order valence-electron chi connectivity index (χ2n) is 3.28. The number of imidazole rings is 1. The van der Waals surface area contributed by atoms with Gasteiger partial charge in [-0.15, -0.1) is 0 Å². The molecule has 2 rings (SSSR count). The number of carbonyl (C=O) groups excluding carboxylic acids is 1. The molecular weight excluding hydrogens is 152 g/mol. The van der Waals surface area contributed by atoms with Gasteiger partial charge in [0.1, 0.15) is 0 Å². The molecule has 12 heavy (non-hydrogen) atoms. The van der Waals surface area contributed by atoms with Crippen molar-refractivity contribution in [3.8, 4) is 0 Å². The standard InChI is InChI=1S/C9H12N2O/c12-8(7-3-1-2-4-7)9-10-5-6-11-9/h5-7H,1-4H2,(H,10,11). The maximum Gasteiger partial charge on any atom is 0.201 e. The van der Waals surface area contributed by atoms with E-state index in [2.05, 4.69) is 9.97 Å². The van der Waals surface area contributed by atoms with Crippen molar-refractivity contribution in [2.75, 3.05) is 0 Å². The van der Waals surface area contributed by atoms with E-state index in [0.29, 0.717) is 5.82 Å². The van der Waals surface area contributed by atoms with E-state index in [1.807, 2.05) is 0 Å². The van der Waals surface area contributed by atoms with E-state index in [1.165, 1.54) is 12.8 Å². The summed E-state index contributed by atoms with van der Waals surface area (Å²) in [5.41, 5.74) is 0. The molecule has 3 heteroatoms. The Bertz CT molecular complexity index is 260. The topological polar surface area (TPSA) is 45.8 Å². The van der Waals surface area contributed by atoms with E-state index in [9.17, 15) is 4.79 Å². The predicted molar refractivity (Wildman–Crippen MR) is 44.9 cm³/mol. The first kappa shape index (κ1) is 7.53. The molecule has 1 aromatic heterocycles. The molecule has 0 saturated heterocycles. The Morgan fingerprint density at radius 3 is 2.83 bits per heavy atom. The van der Waals surface area contributed by atoms with E-state index >= 15 is 0 Å². The minimum absolute atomic E-state index is 0.192. The zero-order valence-electron chi connectivity index (χ0n) is 6.92. The Kier molecular flexibility index (Phi) is 1.94. The molecule has 0 atom stereocenters. The van der Waals surface area contributed by atoms with Gasteiger partial charge in [0.2, 0.25) is 5.78 Å². The van der Waals surface area contributed by atoms with E-state index in [1.54, 1.807) is 12.4 Å². The van der Waals surface area contributed by atoms with Gasteiger partial charge < -0.3 is 4.98 Å². The molecular formula is C9H12N2O. The zero-order chi connectivity index (χ0) is 8.39. The molecule has 0 amide bonds. The molecule has 1 heterocycles. The van der Waals surface area contributed by atoms with Gasteiger partial charge in [0.25, 0.3) is 0 Å². The molecule has 1 aromatic rings. The van der Waals surface area contributed by atoms with Gasteiger partial charge in [0, 0.05) is 18.3 Å². The SMILES string of the molecule is O=C(c1ncc[nH]1)C1CCCC1. The summed E-state index contributed by atoms with van der Waals surface area (Å²) in [7, 11) is 0. The van der Waals surface area contributed by atoms with Gasteiger partial charge in [-0.1, -0.05) is 12.8 Å². The number of hydrogen-bond donors (Lipinski definition) is 1. The maximum absolute atomic E-state index is 11.6. The largest absolute Gasteiger partial charge is 0.342 e. The van der Waals surface area contributed by atoms with E-state index in [-0.39, 0.29) is 11.7 Å². The van der Waals surface area contributed by atoms with Crippen LogP contribution in [0.15, 0.2) is 12.4 Å². The van der Waals surface area contributed by atoms with Gasteiger partial charge in [-0.25, -0.2) is 4.98 Å². The van der Waals surface area contributed by atoms with Crippen LogP contribution in [0.4, 0.5) is 0 Å². The van der Waals surface area contributed by atoms with Crippen LogP contribution in [0.1, 0.15) is 36.3 Å². The van der Waals surface area contributed by atoms with Crippen LogP contribution in [-0.4, -0.2) is 15.8 Å². The minimum atomic E-state index is 0.192. The summed E-state index contributed by atoms with van der Waals surface area (Å²) in [5, 5.41) is 0. The van der Waals surface area contributed by atoms with Gasteiger partial charge in [0.15, 0.2) is 5.82 Å². The number of hydrogen-bond acceptors (Lipinski definition) is 2. The second-order valence-corrected chi connectivity index (χ2v) is 3.28. The minimum Gasteiger partial charge on any atom is -0.342 e. The highest BCUT2D eigenvalue weighted by Crippen LogP contribution is 2.26.